The molecule has 45 heavy (non-hydrogen) atoms. The molecule has 5 nitrogen and oxygen atoms in total. The van der Waals surface area contributed by atoms with E-state index in [0.717, 1.165) is 27.8 Å². The first-order chi connectivity index (χ1) is 21.8. The van der Waals surface area contributed by atoms with E-state index in [1.165, 1.54) is 0 Å². The van der Waals surface area contributed by atoms with E-state index >= 15 is 0 Å². The molecular formula is C35H35Cl3Hf2O5. The molecule has 0 heterocycles. The molecule has 5 aromatic rings. The quantitative estimate of drug-likeness (QED) is 0.104. The zero-order valence-corrected chi connectivity index (χ0v) is 34.3. The van der Waals surface area contributed by atoms with Crippen molar-refractivity contribution in [3.63, 3.8) is 0 Å². The molecular weight excluding hydrogens is 964 g/mol. The molecule has 0 atom stereocenters. The van der Waals surface area contributed by atoms with Crippen molar-refractivity contribution in [1.82, 2.24) is 0 Å². The number of benzene rings is 5. The third-order valence-corrected chi connectivity index (χ3v) is 17.0. The standard InChI is InChI=1S/C7H8O.4C7H7O.3ClH.2Hf/c1-6-2-4-7(8)5-3-6;4*8-6-7-4-2-1-3-5-7;;;;;/h2-5,8H,1H3;4*1-5H,6H2;3*1H;;/q;4*-1;;;;2*+4/p-4. The molecule has 0 spiro atoms. The van der Waals surface area contributed by atoms with Crippen molar-refractivity contribution in [2.75, 3.05) is 0 Å². The molecule has 5 aromatic carbocycles. The van der Waals surface area contributed by atoms with E-state index in [1.54, 1.807) is 12.1 Å². The van der Waals surface area contributed by atoms with E-state index in [-0.39, 0.29) is 0 Å². The summed E-state index contributed by atoms with van der Waals surface area (Å²) < 4.78 is 30.9. The monoisotopic (exact) mass is 1000 g/mol. The molecule has 0 radical (unpaired) electrons. The third-order valence-electron chi connectivity index (χ3n) is 6.29. The second-order valence-corrected chi connectivity index (χ2v) is 39.5. The van der Waals surface area contributed by atoms with Crippen molar-refractivity contribution < 1.29 is 52.8 Å². The van der Waals surface area contributed by atoms with Crippen LogP contribution in [-0.2, 0) is 76.4 Å². The number of aryl methyl sites for hydroxylation is 1. The molecule has 0 bridgehead atoms. The van der Waals surface area contributed by atoms with Crippen LogP contribution in [-0.4, -0.2) is 0 Å². The molecule has 234 valence electrons. The molecule has 5 rings (SSSR count). The Balaban J connectivity index is 0.000000323. The Morgan fingerprint density at radius 1 is 0.422 bits per heavy atom. The molecule has 0 aliphatic rings. The van der Waals surface area contributed by atoms with Crippen LogP contribution in [0.25, 0.3) is 0 Å². The van der Waals surface area contributed by atoms with E-state index in [2.05, 4.69) is 0 Å². The van der Waals surface area contributed by atoms with Crippen molar-refractivity contribution in [2.45, 2.75) is 33.4 Å². The summed E-state index contributed by atoms with van der Waals surface area (Å²) in [6.45, 7) is 3.49. The Morgan fingerprint density at radius 2 is 0.711 bits per heavy atom. The van der Waals surface area contributed by atoms with Gasteiger partial charge in [-0.1, -0.05) is 0 Å². The first-order valence-corrected chi connectivity index (χ1v) is 35.0. The summed E-state index contributed by atoms with van der Waals surface area (Å²) in [5.74, 6) is 0.641. The van der Waals surface area contributed by atoms with Gasteiger partial charge in [0.25, 0.3) is 0 Å². The summed E-state index contributed by atoms with van der Waals surface area (Å²) >= 11 is -8.42. The van der Waals surface area contributed by atoms with Gasteiger partial charge in [-0.3, -0.25) is 0 Å². The van der Waals surface area contributed by atoms with E-state index in [0.29, 0.717) is 32.2 Å². The molecule has 0 aliphatic carbocycles. The average molecular weight is 999 g/mol. The van der Waals surface area contributed by atoms with Crippen LogP contribution in [0.15, 0.2) is 146 Å². The van der Waals surface area contributed by atoms with Gasteiger partial charge in [0.05, 0.1) is 0 Å². The first-order valence-electron chi connectivity index (χ1n) is 14.3. The summed E-state index contributed by atoms with van der Waals surface area (Å²) in [6, 6.07) is 47.6. The molecule has 0 aromatic heterocycles. The first kappa shape index (κ1) is 36.2. The van der Waals surface area contributed by atoms with Crippen molar-refractivity contribution >= 4 is 25.7 Å². The van der Waals surface area contributed by atoms with Gasteiger partial charge in [-0.2, -0.15) is 0 Å². The number of halogens is 3. The molecule has 0 saturated heterocycles. The van der Waals surface area contributed by atoms with E-state index in [9.17, 15) is 0 Å². The van der Waals surface area contributed by atoms with Gasteiger partial charge in [0.1, 0.15) is 0 Å². The summed E-state index contributed by atoms with van der Waals surface area (Å²) in [5, 5.41) is 0. The number of hydrogen-bond donors (Lipinski definition) is 0. The average Bonchev–Trinajstić information content (AvgIpc) is 3.07. The van der Waals surface area contributed by atoms with Gasteiger partial charge in [0.15, 0.2) is 0 Å². The second kappa shape index (κ2) is 19.2. The van der Waals surface area contributed by atoms with Crippen LogP contribution < -0.4 is 2.85 Å². The normalized spacial score (nSPS) is 11.4. The maximum atomic E-state index is 6.44. The van der Waals surface area contributed by atoms with Crippen LogP contribution in [0, 0.1) is 6.92 Å². The topological polar surface area (TPSA) is 46.2 Å². The molecule has 0 saturated carbocycles. The van der Waals surface area contributed by atoms with Crippen LogP contribution in [0.1, 0.15) is 27.8 Å². The van der Waals surface area contributed by atoms with Gasteiger partial charge in [-0.15, -0.1) is 0 Å². The fraction of sp³-hybridized carbons (Fsp3) is 0.143. The van der Waals surface area contributed by atoms with Crippen LogP contribution in [0.2, 0.25) is 0 Å². The van der Waals surface area contributed by atoms with Crippen LogP contribution in [0.4, 0.5) is 0 Å². The van der Waals surface area contributed by atoms with Gasteiger partial charge in [0.2, 0.25) is 0 Å². The Labute approximate surface area is 288 Å². The second-order valence-electron chi connectivity index (χ2n) is 9.96. The molecule has 10 heteroatoms. The van der Waals surface area contributed by atoms with Crippen molar-refractivity contribution in [3.8, 4) is 5.75 Å². The minimum atomic E-state index is -4.63. The van der Waals surface area contributed by atoms with Crippen molar-refractivity contribution in [3.05, 3.63) is 173 Å². The van der Waals surface area contributed by atoms with E-state index in [4.69, 9.17) is 40.0 Å². The molecule has 0 aliphatic heterocycles. The van der Waals surface area contributed by atoms with Crippen molar-refractivity contribution in [2.24, 2.45) is 0 Å². The zero-order chi connectivity index (χ0) is 31.8. The predicted octanol–water partition coefficient (Wildman–Crippen LogP) is 10.6. The summed E-state index contributed by atoms with van der Waals surface area (Å²) in [4.78, 5) is 0. The fourth-order valence-corrected chi connectivity index (χ4v) is 14.3. The Hall–Kier alpha value is -1.65. The molecule has 0 unspecified atom stereocenters. The summed E-state index contributed by atoms with van der Waals surface area (Å²) in [7, 11) is 16.9. The van der Waals surface area contributed by atoms with Crippen LogP contribution in [0.3, 0.4) is 0 Å². The Bertz CT molecular complexity index is 1330. The van der Waals surface area contributed by atoms with E-state index < -0.39 is 38.6 Å². The SMILES string of the molecule is Cc1ccc([O][Hf]([Cl])([Cl])[Cl])cc1.c1ccc(C[O][Hf]([O]Cc2ccccc2)([O]Cc2ccccc2)[O]Cc2ccccc2)cc1. The van der Waals surface area contributed by atoms with Crippen LogP contribution >= 0.6 is 25.7 Å². The fourth-order valence-electron chi connectivity index (χ4n) is 3.97. The van der Waals surface area contributed by atoms with Gasteiger partial charge < -0.3 is 0 Å². The zero-order valence-electron chi connectivity index (χ0n) is 24.9. The van der Waals surface area contributed by atoms with E-state index in [1.807, 2.05) is 140 Å². The predicted molar refractivity (Wildman–Crippen MR) is 174 cm³/mol. The number of hydrogen-bond acceptors (Lipinski definition) is 5. The van der Waals surface area contributed by atoms with Gasteiger partial charge >= 0.3 is 291 Å². The Morgan fingerprint density at radius 3 is 0.978 bits per heavy atom. The van der Waals surface area contributed by atoms with Crippen LogP contribution in [0.5, 0.6) is 5.75 Å². The summed E-state index contributed by atoms with van der Waals surface area (Å²) in [6.07, 6.45) is 0. The van der Waals surface area contributed by atoms with Crippen molar-refractivity contribution in [1.29, 1.82) is 0 Å². The maximum absolute atomic E-state index is 6.44. The summed E-state index contributed by atoms with van der Waals surface area (Å²) in [5.41, 5.74) is 5.37. The number of rotatable bonds is 14. The van der Waals surface area contributed by atoms with Gasteiger partial charge in [-0.05, 0) is 0 Å². The third kappa shape index (κ3) is 14.3. The molecule has 0 N–H and O–H groups in total. The Kier molecular flexibility index (Phi) is 15.5. The molecule has 0 fully saturated rings. The van der Waals surface area contributed by atoms with Gasteiger partial charge in [0, 0.05) is 0 Å². The minimum absolute atomic E-state index is 0.376. The van der Waals surface area contributed by atoms with Gasteiger partial charge in [-0.25, -0.2) is 0 Å². The molecule has 0 amide bonds.